The summed E-state index contributed by atoms with van der Waals surface area (Å²) in [7, 11) is 0. The molecule has 1 aromatic heterocycles. The Balaban J connectivity index is 1.74. The fourth-order valence-corrected chi connectivity index (χ4v) is 2.69. The second-order valence-corrected chi connectivity index (χ2v) is 5.62. The van der Waals surface area contributed by atoms with Gasteiger partial charge in [-0.2, -0.15) is 13.2 Å². The van der Waals surface area contributed by atoms with Gasteiger partial charge in [-0.1, -0.05) is 12.1 Å². The molecule has 1 atom stereocenters. The number of aromatic nitrogens is 4. The van der Waals surface area contributed by atoms with Crippen molar-refractivity contribution in [2.75, 3.05) is 13.1 Å². The third-order valence-electron chi connectivity index (χ3n) is 3.97. The van der Waals surface area contributed by atoms with Gasteiger partial charge in [-0.05, 0) is 28.1 Å². The smallest absolute Gasteiger partial charge is 0.337 e. The normalized spacial score (nSPS) is 21.2. The number of halogens is 4. The minimum atomic E-state index is -4.54. The highest BCUT2D eigenvalue weighted by atomic mass is 19.4. The zero-order valence-corrected chi connectivity index (χ0v) is 12.4. The summed E-state index contributed by atoms with van der Waals surface area (Å²) in [5, 5.41) is 10.3. The monoisotopic (exact) mass is 343 g/mol. The highest BCUT2D eigenvalue weighted by molar-refractivity contribution is 5.76. The Hall–Kier alpha value is -2.52. The largest absolute Gasteiger partial charge is 0.416 e. The Morgan fingerprint density at radius 3 is 2.79 bits per heavy atom. The molecular weight excluding hydrogens is 330 g/mol. The van der Waals surface area contributed by atoms with Gasteiger partial charge in [-0.3, -0.25) is 4.79 Å². The number of alkyl halides is 4. The van der Waals surface area contributed by atoms with E-state index in [4.69, 9.17) is 0 Å². The van der Waals surface area contributed by atoms with Crippen molar-refractivity contribution in [2.24, 2.45) is 0 Å². The lowest BCUT2D eigenvalue weighted by Crippen LogP contribution is -2.34. The Morgan fingerprint density at radius 1 is 1.33 bits per heavy atom. The van der Waals surface area contributed by atoms with Gasteiger partial charge >= 0.3 is 6.18 Å². The number of carbonyl (C=O) groups excluding carboxylic acids is 1. The van der Waals surface area contributed by atoms with Gasteiger partial charge in [0, 0.05) is 13.0 Å². The molecule has 0 bridgehead atoms. The summed E-state index contributed by atoms with van der Waals surface area (Å²) in [6, 6.07) is 4.17. The number of hydrogen-bond donors (Lipinski definition) is 0. The molecule has 6 nitrogen and oxygen atoms in total. The van der Waals surface area contributed by atoms with Crippen LogP contribution >= 0.6 is 0 Å². The summed E-state index contributed by atoms with van der Waals surface area (Å²) in [5.41, 5.74) is -2.98. The molecule has 10 heteroatoms. The fourth-order valence-electron chi connectivity index (χ4n) is 2.69. The summed E-state index contributed by atoms with van der Waals surface area (Å²) in [6.07, 6.45) is -3.35. The first-order chi connectivity index (χ1) is 11.3. The topological polar surface area (TPSA) is 63.9 Å². The van der Waals surface area contributed by atoms with Crippen LogP contribution in [0, 0.1) is 0 Å². The van der Waals surface area contributed by atoms with Gasteiger partial charge in [0.25, 0.3) is 0 Å². The van der Waals surface area contributed by atoms with E-state index in [0.717, 1.165) is 12.1 Å². The van der Waals surface area contributed by atoms with Crippen LogP contribution in [0.1, 0.15) is 17.5 Å². The molecule has 0 spiro atoms. The van der Waals surface area contributed by atoms with E-state index in [9.17, 15) is 18.0 Å². The molecule has 1 aliphatic rings. The summed E-state index contributed by atoms with van der Waals surface area (Å²) >= 11 is 0. The maximum absolute atomic E-state index is 15.1. The first-order valence-corrected chi connectivity index (χ1v) is 7.13. The van der Waals surface area contributed by atoms with Crippen LogP contribution < -0.4 is 0 Å². The van der Waals surface area contributed by atoms with Crippen LogP contribution in [0.15, 0.2) is 30.6 Å². The molecule has 0 unspecified atom stereocenters. The molecule has 2 heterocycles. The third kappa shape index (κ3) is 3.22. The number of nitrogens with zero attached hydrogens (tertiary/aromatic N) is 5. The highest BCUT2D eigenvalue weighted by Crippen LogP contribution is 2.39. The molecule has 1 amide bonds. The van der Waals surface area contributed by atoms with E-state index >= 15 is 4.39 Å². The third-order valence-corrected chi connectivity index (χ3v) is 3.97. The molecular formula is C14H13F4N5O. The molecule has 0 radical (unpaired) electrons. The van der Waals surface area contributed by atoms with Crippen molar-refractivity contribution in [3.63, 3.8) is 0 Å². The summed E-state index contributed by atoms with van der Waals surface area (Å²) in [4.78, 5) is 13.4. The van der Waals surface area contributed by atoms with Crippen LogP contribution in [-0.4, -0.2) is 44.1 Å². The van der Waals surface area contributed by atoms with Crippen molar-refractivity contribution < 1.29 is 22.4 Å². The molecule has 1 aliphatic heterocycles. The van der Waals surface area contributed by atoms with E-state index in [1.54, 1.807) is 0 Å². The van der Waals surface area contributed by atoms with Crippen molar-refractivity contribution >= 4 is 5.91 Å². The average molecular weight is 343 g/mol. The van der Waals surface area contributed by atoms with Gasteiger partial charge in [0.1, 0.15) is 12.9 Å². The number of carbonyl (C=O) groups is 1. The fraction of sp³-hybridized carbons (Fsp3) is 0.429. The lowest BCUT2D eigenvalue weighted by atomic mass is 9.93. The molecule has 0 saturated carbocycles. The molecule has 128 valence electrons. The van der Waals surface area contributed by atoms with E-state index < -0.39 is 23.3 Å². The van der Waals surface area contributed by atoms with Crippen LogP contribution in [0.25, 0.3) is 0 Å². The van der Waals surface area contributed by atoms with E-state index in [1.807, 2.05) is 0 Å². The van der Waals surface area contributed by atoms with Crippen molar-refractivity contribution in [1.82, 2.24) is 25.1 Å². The highest BCUT2D eigenvalue weighted by Gasteiger charge is 2.43. The molecule has 0 N–H and O–H groups in total. The maximum atomic E-state index is 15.1. The molecule has 1 saturated heterocycles. The summed E-state index contributed by atoms with van der Waals surface area (Å²) in [6.45, 7) is -0.325. The molecule has 1 fully saturated rings. The van der Waals surface area contributed by atoms with Crippen LogP contribution in [-0.2, 0) is 23.2 Å². The predicted molar refractivity (Wildman–Crippen MR) is 73.2 cm³/mol. The van der Waals surface area contributed by atoms with Gasteiger partial charge in [0.2, 0.25) is 5.91 Å². The van der Waals surface area contributed by atoms with Crippen molar-refractivity contribution in [1.29, 1.82) is 0 Å². The van der Waals surface area contributed by atoms with E-state index in [-0.39, 0.29) is 31.6 Å². The number of benzene rings is 1. The number of amides is 1. The Kier molecular flexibility index (Phi) is 3.98. The van der Waals surface area contributed by atoms with Gasteiger partial charge in [0.05, 0.1) is 12.1 Å². The average Bonchev–Trinajstić information content (AvgIpc) is 3.17. The van der Waals surface area contributed by atoms with E-state index in [0.29, 0.717) is 0 Å². The van der Waals surface area contributed by atoms with Crippen molar-refractivity contribution in [3.05, 3.63) is 41.7 Å². The molecule has 2 aromatic rings. The van der Waals surface area contributed by atoms with Gasteiger partial charge in [-0.15, -0.1) is 5.10 Å². The standard InChI is InChI=1S/C14H13F4N5O/c15-13(10-2-1-3-11(6-10)14(16,17)18)4-5-22(8-13)12(24)7-23-9-19-20-21-23/h1-3,6,9H,4-5,7-8H2/t13-/m1/s1. The second kappa shape index (κ2) is 5.84. The van der Waals surface area contributed by atoms with Crippen molar-refractivity contribution in [3.8, 4) is 0 Å². The first kappa shape index (κ1) is 16.3. The lowest BCUT2D eigenvalue weighted by Gasteiger charge is -2.22. The van der Waals surface area contributed by atoms with Gasteiger partial charge in [0.15, 0.2) is 5.67 Å². The predicted octanol–water partition coefficient (Wildman–Crippen LogP) is 1.79. The first-order valence-electron chi connectivity index (χ1n) is 7.13. The van der Waals surface area contributed by atoms with Gasteiger partial charge < -0.3 is 4.90 Å². The minimum Gasteiger partial charge on any atom is -0.337 e. The van der Waals surface area contributed by atoms with Crippen LogP contribution in [0.4, 0.5) is 17.6 Å². The molecule has 3 rings (SSSR count). The molecule has 24 heavy (non-hydrogen) atoms. The number of rotatable bonds is 3. The van der Waals surface area contributed by atoms with Crippen molar-refractivity contribution in [2.45, 2.75) is 24.8 Å². The Morgan fingerprint density at radius 2 is 2.12 bits per heavy atom. The van der Waals surface area contributed by atoms with Crippen LogP contribution in [0.3, 0.4) is 0 Å². The van der Waals surface area contributed by atoms with E-state index in [2.05, 4.69) is 15.5 Å². The SMILES string of the molecule is O=C(Cn1cnnn1)N1CC[C@](F)(c2cccc(C(F)(F)F)c2)C1. The minimum absolute atomic E-state index is 0.0599. The zero-order valence-electron chi connectivity index (χ0n) is 12.4. The summed E-state index contributed by atoms with van der Waals surface area (Å²) in [5.74, 6) is -0.395. The molecule has 0 aliphatic carbocycles. The van der Waals surface area contributed by atoms with Gasteiger partial charge in [-0.25, -0.2) is 9.07 Å². The Labute approximate surface area is 134 Å². The zero-order chi connectivity index (χ0) is 17.4. The number of likely N-dealkylation sites (tertiary alicyclic amines) is 1. The quantitative estimate of drug-likeness (QED) is 0.797. The number of tetrazole rings is 1. The van der Waals surface area contributed by atoms with Crippen LogP contribution in [0.2, 0.25) is 0 Å². The Bertz CT molecular complexity index is 733. The van der Waals surface area contributed by atoms with Crippen LogP contribution in [0.5, 0.6) is 0 Å². The lowest BCUT2D eigenvalue weighted by molar-refractivity contribution is -0.137. The molecule has 1 aromatic carbocycles. The summed E-state index contributed by atoms with van der Waals surface area (Å²) < 4.78 is 54.7. The van der Waals surface area contributed by atoms with E-state index in [1.165, 1.54) is 28.0 Å². The second-order valence-electron chi connectivity index (χ2n) is 5.62. The maximum Gasteiger partial charge on any atom is 0.416 e. The number of hydrogen-bond acceptors (Lipinski definition) is 4.